The summed E-state index contributed by atoms with van der Waals surface area (Å²) in [5.74, 6) is 0. The van der Waals surface area contributed by atoms with Gasteiger partial charge in [-0.3, -0.25) is 0 Å². The van der Waals surface area contributed by atoms with Crippen LogP contribution in [0, 0.1) is 0 Å². The van der Waals surface area contributed by atoms with E-state index in [0.717, 1.165) is 21.7 Å². The SMILES string of the molecule is OCc1snc(-c2ccccc2)c1CO. The highest BCUT2D eigenvalue weighted by Crippen LogP contribution is 2.28. The predicted molar refractivity (Wildman–Crippen MR) is 59.4 cm³/mol. The molecule has 2 rings (SSSR count). The Morgan fingerprint density at radius 3 is 2.40 bits per heavy atom. The van der Waals surface area contributed by atoms with Gasteiger partial charge in [0.15, 0.2) is 0 Å². The van der Waals surface area contributed by atoms with Gasteiger partial charge in [0.1, 0.15) is 0 Å². The Balaban J connectivity index is 2.49. The van der Waals surface area contributed by atoms with E-state index in [0.29, 0.717) is 0 Å². The van der Waals surface area contributed by atoms with Crippen molar-refractivity contribution in [1.29, 1.82) is 0 Å². The quantitative estimate of drug-likeness (QED) is 0.831. The van der Waals surface area contributed by atoms with Gasteiger partial charge in [-0.05, 0) is 11.5 Å². The van der Waals surface area contributed by atoms with Gasteiger partial charge in [-0.1, -0.05) is 30.3 Å². The molecule has 78 valence electrons. The lowest BCUT2D eigenvalue weighted by Gasteiger charge is -2.00. The van der Waals surface area contributed by atoms with Crippen molar-refractivity contribution in [2.45, 2.75) is 13.2 Å². The third-order valence-corrected chi connectivity index (χ3v) is 3.09. The highest BCUT2D eigenvalue weighted by atomic mass is 32.1. The van der Waals surface area contributed by atoms with Gasteiger partial charge in [0.05, 0.1) is 23.8 Å². The number of nitrogens with zero attached hydrogens (tertiary/aromatic N) is 1. The second-order valence-electron chi connectivity index (χ2n) is 3.12. The molecule has 0 saturated heterocycles. The minimum Gasteiger partial charge on any atom is -0.392 e. The van der Waals surface area contributed by atoms with Crippen LogP contribution in [0.25, 0.3) is 11.3 Å². The van der Waals surface area contributed by atoms with Gasteiger partial charge in [0.2, 0.25) is 0 Å². The molecule has 0 aliphatic heterocycles. The summed E-state index contributed by atoms with van der Waals surface area (Å²) in [7, 11) is 0. The average Bonchev–Trinajstić information content (AvgIpc) is 2.72. The van der Waals surface area contributed by atoms with Crippen molar-refractivity contribution in [3.05, 3.63) is 40.8 Å². The number of aliphatic hydroxyl groups excluding tert-OH is 2. The maximum absolute atomic E-state index is 9.24. The van der Waals surface area contributed by atoms with Gasteiger partial charge in [-0.15, -0.1) is 0 Å². The maximum atomic E-state index is 9.24. The smallest absolute Gasteiger partial charge is 0.0899 e. The standard InChI is InChI=1S/C11H11NO2S/c13-6-9-10(7-14)15-12-11(9)8-4-2-1-3-5-8/h1-5,13-14H,6-7H2. The van der Waals surface area contributed by atoms with E-state index in [1.165, 1.54) is 11.5 Å². The summed E-state index contributed by atoms with van der Waals surface area (Å²) in [6.45, 7) is -0.156. The monoisotopic (exact) mass is 221 g/mol. The van der Waals surface area contributed by atoms with E-state index in [1.54, 1.807) is 0 Å². The van der Waals surface area contributed by atoms with Gasteiger partial charge in [0.25, 0.3) is 0 Å². The van der Waals surface area contributed by atoms with Crippen LogP contribution in [0.15, 0.2) is 30.3 Å². The molecule has 2 N–H and O–H groups in total. The fourth-order valence-corrected chi connectivity index (χ4v) is 2.20. The lowest BCUT2D eigenvalue weighted by atomic mass is 10.1. The highest BCUT2D eigenvalue weighted by molar-refractivity contribution is 7.06. The Morgan fingerprint density at radius 1 is 1.07 bits per heavy atom. The first kappa shape index (κ1) is 10.3. The van der Waals surface area contributed by atoms with Crippen molar-refractivity contribution in [2.24, 2.45) is 0 Å². The lowest BCUT2D eigenvalue weighted by Crippen LogP contribution is -1.90. The Kier molecular flexibility index (Phi) is 3.11. The second kappa shape index (κ2) is 4.53. The molecule has 0 aliphatic rings. The maximum Gasteiger partial charge on any atom is 0.0899 e. The molecule has 1 aromatic carbocycles. The Morgan fingerprint density at radius 2 is 1.80 bits per heavy atom. The summed E-state index contributed by atoms with van der Waals surface area (Å²) >= 11 is 1.24. The van der Waals surface area contributed by atoms with E-state index in [-0.39, 0.29) is 13.2 Å². The van der Waals surface area contributed by atoms with Crippen LogP contribution in [0.1, 0.15) is 10.4 Å². The molecule has 0 atom stereocenters. The molecule has 1 heterocycles. The summed E-state index contributed by atoms with van der Waals surface area (Å²) in [6, 6.07) is 9.66. The number of hydrogen-bond donors (Lipinski definition) is 2. The van der Waals surface area contributed by atoms with Gasteiger partial charge in [-0.25, -0.2) is 0 Å². The molecule has 2 aromatic rings. The van der Waals surface area contributed by atoms with Crippen molar-refractivity contribution in [2.75, 3.05) is 0 Å². The van der Waals surface area contributed by atoms with Gasteiger partial charge in [-0.2, -0.15) is 4.37 Å². The summed E-state index contributed by atoms with van der Waals surface area (Å²) in [6.07, 6.45) is 0. The van der Waals surface area contributed by atoms with Crippen LogP contribution in [0.3, 0.4) is 0 Å². The predicted octanol–water partition coefficient (Wildman–Crippen LogP) is 1.79. The topological polar surface area (TPSA) is 53.4 Å². The van der Waals surface area contributed by atoms with Gasteiger partial charge < -0.3 is 10.2 Å². The molecule has 4 heteroatoms. The first-order valence-corrected chi connectivity index (χ1v) is 5.38. The Bertz CT molecular complexity index is 439. The van der Waals surface area contributed by atoms with Crippen LogP contribution < -0.4 is 0 Å². The molecule has 0 spiro atoms. The average molecular weight is 221 g/mol. The fourth-order valence-electron chi connectivity index (χ4n) is 1.45. The number of aromatic nitrogens is 1. The third kappa shape index (κ3) is 1.92. The van der Waals surface area contributed by atoms with E-state index in [4.69, 9.17) is 5.11 Å². The number of rotatable bonds is 3. The largest absolute Gasteiger partial charge is 0.392 e. The van der Waals surface area contributed by atoms with Crippen LogP contribution in [-0.4, -0.2) is 14.6 Å². The second-order valence-corrected chi connectivity index (χ2v) is 3.97. The molecule has 0 bridgehead atoms. The minimum atomic E-state index is -0.0867. The highest BCUT2D eigenvalue weighted by Gasteiger charge is 2.13. The molecule has 0 saturated carbocycles. The Hall–Kier alpha value is -1.23. The van der Waals surface area contributed by atoms with E-state index >= 15 is 0 Å². The minimum absolute atomic E-state index is 0.0691. The molecule has 3 nitrogen and oxygen atoms in total. The van der Waals surface area contributed by atoms with Crippen LogP contribution in [-0.2, 0) is 13.2 Å². The van der Waals surface area contributed by atoms with Crippen LogP contribution in [0.4, 0.5) is 0 Å². The molecular weight excluding hydrogens is 210 g/mol. The Labute approximate surface area is 91.8 Å². The molecule has 15 heavy (non-hydrogen) atoms. The van der Waals surface area contributed by atoms with Crippen LogP contribution in [0.2, 0.25) is 0 Å². The summed E-state index contributed by atoms with van der Waals surface area (Å²) < 4.78 is 4.25. The molecule has 0 radical (unpaired) electrons. The van der Waals surface area contributed by atoms with Crippen LogP contribution >= 0.6 is 11.5 Å². The first-order chi connectivity index (χ1) is 7.36. The van der Waals surface area contributed by atoms with Gasteiger partial charge >= 0.3 is 0 Å². The molecule has 0 aliphatic carbocycles. The zero-order valence-corrected chi connectivity index (χ0v) is 8.87. The third-order valence-electron chi connectivity index (χ3n) is 2.22. The zero-order valence-electron chi connectivity index (χ0n) is 8.05. The molecular formula is C11H11NO2S. The first-order valence-electron chi connectivity index (χ1n) is 4.61. The van der Waals surface area contributed by atoms with E-state index < -0.39 is 0 Å². The zero-order chi connectivity index (χ0) is 10.7. The molecule has 0 unspecified atom stereocenters. The lowest BCUT2D eigenvalue weighted by molar-refractivity contribution is 0.263. The number of hydrogen-bond acceptors (Lipinski definition) is 4. The van der Waals surface area contributed by atoms with Crippen molar-refractivity contribution in [3.63, 3.8) is 0 Å². The van der Waals surface area contributed by atoms with Crippen molar-refractivity contribution in [1.82, 2.24) is 4.37 Å². The van der Waals surface area contributed by atoms with Crippen LogP contribution in [0.5, 0.6) is 0 Å². The van der Waals surface area contributed by atoms with Gasteiger partial charge in [0, 0.05) is 11.1 Å². The number of aliphatic hydroxyl groups is 2. The summed E-state index contributed by atoms with van der Waals surface area (Å²) in [5.41, 5.74) is 2.47. The molecule has 0 amide bonds. The summed E-state index contributed by atoms with van der Waals surface area (Å²) in [4.78, 5) is 0.733. The van der Waals surface area contributed by atoms with Crippen molar-refractivity contribution >= 4 is 11.5 Å². The van der Waals surface area contributed by atoms with E-state index in [1.807, 2.05) is 30.3 Å². The number of benzene rings is 1. The summed E-state index contributed by atoms with van der Waals surface area (Å²) in [5, 5.41) is 18.3. The van der Waals surface area contributed by atoms with Crippen molar-refractivity contribution in [3.8, 4) is 11.3 Å². The molecule has 0 fully saturated rings. The molecule has 1 aromatic heterocycles. The van der Waals surface area contributed by atoms with E-state index in [2.05, 4.69) is 4.37 Å². The fraction of sp³-hybridized carbons (Fsp3) is 0.182. The normalized spacial score (nSPS) is 10.5. The van der Waals surface area contributed by atoms with Crippen molar-refractivity contribution < 1.29 is 10.2 Å². The van der Waals surface area contributed by atoms with E-state index in [9.17, 15) is 5.11 Å².